The molecule has 0 amide bonds. The predicted molar refractivity (Wildman–Crippen MR) is 167 cm³/mol. The van der Waals surface area contributed by atoms with Crippen molar-refractivity contribution >= 4 is 38.6 Å². The van der Waals surface area contributed by atoms with Gasteiger partial charge >= 0.3 is 0 Å². The van der Waals surface area contributed by atoms with Crippen LogP contribution in [0.15, 0.2) is 152 Å². The maximum absolute atomic E-state index is 6.31. The Kier molecular flexibility index (Phi) is 5.17. The van der Waals surface area contributed by atoms with Crippen LogP contribution in [0.25, 0.3) is 43.8 Å². The summed E-state index contributed by atoms with van der Waals surface area (Å²) in [6, 6.07) is 54.0. The fourth-order valence-electron chi connectivity index (χ4n) is 5.79. The fraction of sp³-hybridized carbons (Fsp3) is 0. The van der Waals surface area contributed by atoms with E-state index in [9.17, 15) is 0 Å². The molecule has 40 heavy (non-hydrogen) atoms. The van der Waals surface area contributed by atoms with Crippen molar-refractivity contribution in [3.63, 3.8) is 0 Å². The molecular formula is C38H25NO. The van der Waals surface area contributed by atoms with E-state index in [0.29, 0.717) is 0 Å². The summed E-state index contributed by atoms with van der Waals surface area (Å²) < 4.78 is 6.31. The van der Waals surface area contributed by atoms with Crippen molar-refractivity contribution in [1.29, 1.82) is 0 Å². The lowest BCUT2D eigenvalue weighted by Crippen LogP contribution is -2.15. The molecule has 2 heteroatoms. The van der Waals surface area contributed by atoms with E-state index in [0.717, 1.165) is 28.6 Å². The van der Waals surface area contributed by atoms with Crippen LogP contribution in [0.5, 0.6) is 11.5 Å². The maximum Gasteiger partial charge on any atom is 0.151 e. The predicted octanol–water partition coefficient (Wildman–Crippen LogP) is 10.9. The average molecular weight is 512 g/mol. The summed E-state index contributed by atoms with van der Waals surface area (Å²) in [7, 11) is 0. The molecule has 0 aliphatic carbocycles. The molecule has 0 spiro atoms. The van der Waals surface area contributed by atoms with Gasteiger partial charge in [0.05, 0.1) is 11.4 Å². The first-order valence-corrected chi connectivity index (χ1v) is 13.6. The quantitative estimate of drug-likeness (QED) is 0.234. The molecule has 0 unspecified atom stereocenters. The van der Waals surface area contributed by atoms with Gasteiger partial charge in [-0.25, -0.2) is 0 Å². The van der Waals surface area contributed by atoms with Gasteiger partial charge in [-0.1, -0.05) is 97.1 Å². The molecule has 0 bridgehead atoms. The van der Waals surface area contributed by atoms with Gasteiger partial charge in [-0.15, -0.1) is 0 Å². The number of nitrogens with zero attached hydrogens (tertiary/aromatic N) is 1. The normalized spacial score (nSPS) is 12.2. The molecule has 0 N–H and O–H groups in total. The van der Waals surface area contributed by atoms with Crippen molar-refractivity contribution in [2.75, 3.05) is 4.90 Å². The smallest absolute Gasteiger partial charge is 0.151 e. The molecule has 1 aliphatic rings. The number of fused-ring (bicyclic) bond motifs is 4. The summed E-state index contributed by atoms with van der Waals surface area (Å²) >= 11 is 0. The van der Waals surface area contributed by atoms with E-state index in [1.807, 2.05) is 24.3 Å². The van der Waals surface area contributed by atoms with Crippen LogP contribution in [0.2, 0.25) is 0 Å². The highest BCUT2D eigenvalue weighted by molar-refractivity contribution is 5.94. The van der Waals surface area contributed by atoms with Crippen LogP contribution in [0, 0.1) is 0 Å². The average Bonchev–Trinajstić information content (AvgIpc) is 3.03. The van der Waals surface area contributed by atoms with E-state index in [4.69, 9.17) is 4.74 Å². The molecule has 1 heterocycles. The lowest BCUT2D eigenvalue weighted by atomic mass is 9.94. The van der Waals surface area contributed by atoms with Gasteiger partial charge in [0, 0.05) is 5.69 Å². The number of benzene rings is 7. The highest BCUT2D eigenvalue weighted by atomic mass is 16.5. The van der Waals surface area contributed by atoms with Crippen molar-refractivity contribution in [1.82, 2.24) is 0 Å². The summed E-state index contributed by atoms with van der Waals surface area (Å²) in [5.41, 5.74) is 7.88. The Morgan fingerprint density at radius 3 is 1.32 bits per heavy atom. The van der Waals surface area contributed by atoms with Gasteiger partial charge in [0.2, 0.25) is 0 Å². The van der Waals surface area contributed by atoms with Crippen molar-refractivity contribution in [3.05, 3.63) is 152 Å². The molecular weight excluding hydrogens is 486 g/mol. The molecule has 0 radical (unpaired) electrons. The largest absolute Gasteiger partial charge is 0.453 e. The lowest BCUT2D eigenvalue weighted by Gasteiger charge is -2.33. The highest BCUT2D eigenvalue weighted by Gasteiger charge is 2.26. The SMILES string of the molecule is c1ccc2c(c1)Oc1ccccc1N2c1cc(-c2ccc3ccccc3c2)cc(-c2ccc3ccccc3c2)c1. The van der Waals surface area contributed by atoms with E-state index < -0.39 is 0 Å². The van der Waals surface area contributed by atoms with Crippen LogP contribution < -0.4 is 9.64 Å². The van der Waals surface area contributed by atoms with E-state index >= 15 is 0 Å². The van der Waals surface area contributed by atoms with Crippen molar-refractivity contribution < 1.29 is 4.74 Å². The number of rotatable bonds is 3. The third-order valence-electron chi connectivity index (χ3n) is 7.77. The summed E-state index contributed by atoms with van der Waals surface area (Å²) in [5.74, 6) is 1.70. The fourth-order valence-corrected chi connectivity index (χ4v) is 5.79. The number of anilines is 3. The van der Waals surface area contributed by atoms with Crippen molar-refractivity contribution in [2.24, 2.45) is 0 Å². The molecule has 0 saturated carbocycles. The first-order chi connectivity index (χ1) is 19.8. The topological polar surface area (TPSA) is 12.5 Å². The van der Waals surface area contributed by atoms with E-state index in [2.05, 4.69) is 132 Å². The summed E-state index contributed by atoms with van der Waals surface area (Å²) in [6.07, 6.45) is 0. The van der Waals surface area contributed by atoms with Crippen molar-refractivity contribution in [3.8, 4) is 33.8 Å². The second kappa shape index (κ2) is 9.14. The Morgan fingerprint density at radius 2 is 0.800 bits per heavy atom. The van der Waals surface area contributed by atoms with Gasteiger partial charge < -0.3 is 9.64 Å². The van der Waals surface area contributed by atoms with Gasteiger partial charge in [-0.3, -0.25) is 0 Å². The lowest BCUT2D eigenvalue weighted by molar-refractivity contribution is 0.477. The second-order valence-corrected chi connectivity index (χ2v) is 10.3. The molecule has 0 saturated heterocycles. The molecule has 7 aromatic carbocycles. The highest BCUT2D eigenvalue weighted by Crippen LogP contribution is 2.51. The zero-order valence-electron chi connectivity index (χ0n) is 21.8. The Morgan fingerprint density at radius 1 is 0.350 bits per heavy atom. The maximum atomic E-state index is 6.31. The summed E-state index contributed by atoms with van der Waals surface area (Å²) in [4.78, 5) is 2.32. The number of ether oxygens (including phenoxy) is 1. The second-order valence-electron chi connectivity index (χ2n) is 10.3. The summed E-state index contributed by atoms with van der Waals surface area (Å²) in [5, 5.41) is 4.96. The number of hydrogen-bond acceptors (Lipinski definition) is 2. The third-order valence-corrected chi connectivity index (χ3v) is 7.77. The van der Waals surface area contributed by atoms with Crippen LogP contribution in [0.1, 0.15) is 0 Å². The minimum absolute atomic E-state index is 0.851. The van der Waals surface area contributed by atoms with Crippen LogP contribution in [-0.4, -0.2) is 0 Å². The first-order valence-electron chi connectivity index (χ1n) is 13.6. The van der Waals surface area contributed by atoms with Crippen LogP contribution in [0.4, 0.5) is 17.1 Å². The van der Waals surface area contributed by atoms with Gasteiger partial charge in [0.15, 0.2) is 11.5 Å². The van der Waals surface area contributed by atoms with Crippen molar-refractivity contribution in [2.45, 2.75) is 0 Å². The molecule has 1 aliphatic heterocycles. The number of para-hydroxylation sites is 4. The van der Waals surface area contributed by atoms with Gasteiger partial charge in [0.25, 0.3) is 0 Å². The molecule has 8 rings (SSSR count). The Bertz CT molecular complexity index is 1910. The molecule has 0 fully saturated rings. The van der Waals surface area contributed by atoms with E-state index in [1.165, 1.54) is 43.8 Å². The molecule has 7 aromatic rings. The zero-order chi connectivity index (χ0) is 26.5. The summed E-state index contributed by atoms with van der Waals surface area (Å²) in [6.45, 7) is 0. The minimum atomic E-state index is 0.851. The van der Waals surface area contributed by atoms with Gasteiger partial charge in [0.1, 0.15) is 0 Å². The standard InChI is InChI=1S/C38H25NO/c1-3-11-28-21-30(19-17-26(28)9-1)32-23-33(31-20-18-27-10-2-4-12-29(27)22-31)25-34(24-32)39-35-13-5-7-15-37(35)40-38-16-8-6-14-36(38)39/h1-25H. The molecule has 0 atom stereocenters. The number of hydrogen-bond donors (Lipinski definition) is 0. The Balaban J connectivity index is 1.38. The minimum Gasteiger partial charge on any atom is -0.453 e. The van der Waals surface area contributed by atoms with Gasteiger partial charge in [-0.2, -0.15) is 0 Å². The van der Waals surface area contributed by atoms with Gasteiger partial charge in [-0.05, 0) is 98.4 Å². The molecule has 0 aromatic heterocycles. The molecule has 188 valence electrons. The third kappa shape index (κ3) is 3.81. The van der Waals surface area contributed by atoms with E-state index in [-0.39, 0.29) is 0 Å². The monoisotopic (exact) mass is 511 g/mol. The van der Waals surface area contributed by atoms with Crippen LogP contribution in [0.3, 0.4) is 0 Å². The Hall–Kier alpha value is -5.34. The zero-order valence-corrected chi connectivity index (χ0v) is 21.8. The first kappa shape index (κ1) is 22.6. The Labute approximate surface area is 233 Å². The van der Waals surface area contributed by atoms with E-state index in [1.54, 1.807) is 0 Å². The molecule has 2 nitrogen and oxygen atoms in total. The van der Waals surface area contributed by atoms with Crippen LogP contribution >= 0.6 is 0 Å². The van der Waals surface area contributed by atoms with Crippen LogP contribution in [-0.2, 0) is 0 Å².